The van der Waals surface area contributed by atoms with Gasteiger partial charge in [-0.15, -0.1) is 0 Å². The summed E-state index contributed by atoms with van der Waals surface area (Å²) in [5, 5.41) is 11.4. The van der Waals surface area contributed by atoms with E-state index >= 15 is 0 Å². The van der Waals surface area contributed by atoms with Crippen molar-refractivity contribution in [2.45, 2.75) is 65.1 Å². The third-order valence-corrected chi connectivity index (χ3v) is 4.22. The minimum absolute atomic E-state index is 0.304. The average Bonchev–Trinajstić information content (AvgIpc) is 3.03. The first-order valence-corrected chi connectivity index (χ1v) is 9.80. The van der Waals surface area contributed by atoms with Crippen LogP contribution in [0.2, 0.25) is 0 Å². The molecule has 2 heterocycles. The fraction of sp³-hybridized carbons (Fsp3) is 0.833. The van der Waals surface area contributed by atoms with Gasteiger partial charge in [0.2, 0.25) is 0 Å². The Bertz CT molecular complexity index is 546. The lowest BCUT2D eigenvalue weighted by atomic mass is 10.1. The van der Waals surface area contributed by atoms with Gasteiger partial charge in [-0.05, 0) is 26.2 Å². The number of rotatable bonds is 11. The van der Waals surface area contributed by atoms with E-state index in [1.807, 2.05) is 4.68 Å². The molecule has 0 spiro atoms. The molecule has 0 aliphatic carbocycles. The molecule has 1 aromatic rings. The van der Waals surface area contributed by atoms with Crippen LogP contribution in [-0.2, 0) is 29.0 Å². The monoisotopic (exact) mass is 366 g/mol. The molecule has 0 radical (unpaired) electrons. The molecule has 1 atom stereocenters. The van der Waals surface area contributed by atoms with Crippen LogP contribution in [0.3, 0.4) is 0 Å². The first-order chi connectivity index (χ1) is 12.8. The number of nitrogens with zero attached hydrogens (tertiary/aromatic N) is 4. The largest absolute Gasteiger partial charge is 0.381 e. The Balaban J connectivity index is 1.78. The summed E-state index contributed by atoms with van der Waals surface area (Å²) in [6, 6.07) is 0.304. The summed E-state index contributed by atoms with van der Waals surface area (Å²) in [6.07, 6.45) is 5.19. The minimum atomic E-state index is 0.304. The molecule has 148 valence electrons. The first kappa shape index (κ1) is 20.6. The Morgan fingerprint density at radius 3 is 2.92 bits per heavy atom. The van der Waals surface area contributed by atoms with Crippen molar-refractivity contribution in [1.29, 1.82) is 0 Å². The van der Waals surface area contributed by atoms with Crippen LogP contribution in [0, 0.1) is 0 Å². The van der Waals surface area contributed by atoms with E-state index in [0.717, 1.165) is 76.1 Å². The number of methoxy groups -OCH3 is 1. The Labute approximate surface area is 156 Å². The van der Waals surface area contributed by atoms with E-state index in [1.54, 1.807) is 7.11 Å². The second-order valence-corrected chi connectivity index (χ2v) is 6.52. The van der Waals surface area contributed by atoms with Crippen LogP contribution in [-0.4, -0.2) is 60.2 Å². The second-order valence-electron chi connectivity index (χ2n) is 6.52. The zero-order valence-corrected chi connectivity index (χ0v) is 16.5. The topological polar surface area (TPSA) is 85.6 Å². The number of ether oxygens (including phenoxy) is 2. The maximum atomic E-state index is 5.59. The van der Waals surface area contributed by atoms with Crippen LogP contribution < -0.4 is 10.6 Å². The molecule has 1 unspecified atom stereocenters. The van der Waals surface area contributed by atoms with Gasteiger partial charge in [0.15, 0.2) is 11.8 Å². The SMILES string of the molecule is CCCCOCCCN=C(NCC)NC1CCc2nc(COC)nn2C1. The normalized spacial score (nSPS) is 17.2. The lowest BCUT2D eigenvalue weighted by Gasteiger charge is -2.25. The lowest BCUT2D eigenvalue weighted by molar-refractivity contribution is 0.130. The molecule has 1 aliphatic heterocycles. The van der Waals surface area contributed by atoms with Crippen LogP contribution in [0.15, 0.2) is 4.99 Å². The van der Waals surface area contributed by atoms with Crippen molar-refractivity contribution in [2.24, 2.45) is 4.99 Å². The molecule has 1 aromatic heterocycles. The van der Waals surface area contributed by atoms with E-state index in [-0.39, 0.29) is 0 Å². The van der Waals surface area contributed by atoms with Gasteiger partial charge in [0, 0.05) is 45.9 Å². The summed E-state index contributed by atoms with van der Waals surface area (Å²) < 4.78 is 12.7. The van der Waals surface area contributed by atoms with Crippen molar-refractivity contribution in [3.05, 3.63) is 11.6 Å². The van der Waals surface area contributed by atoms with Gasteiger partial charge in [0.25, 0.3) is 0 Å². The van der Waals surface area contributed by atoms with E-state index in [1.165, 1.54) is 6.42 Å². The van der Waals surface area contributed by atoms with E-state index in [9.17, 15) is 0 Å². The highest BCUT2D eigenvalue weighted by Gasteiger charge is 2.22. The predicted octanol–water partition coefficient (Wildman–Crippen LogP) is 1.50. The smallest absolute Gasteiger partial charge is 0.191 e. The van der Waals surface area contributed by atoms with Gasteiger partial charge in [-0.2, -0.15) is 5.10 Å². The van der Waals surface area contributed by atoms with Crippen molar-refractivity contribution in [2.75, 3.05) is 33.4 Å². The van der Waals surface area contributed by atoms with Crippen LogP contribution in [0.4, 0.5) is 0 Å². The molecule has 26 heavy (non-hydrogen) atoms. The summed E-state index contributed by atoms with van der Waals surface area (Å²) in [6.45, 7) is 8.76. The molecule has 8 nitrogen and oxygen atoms in total. The van der Waals surface area contributed by atoms with Gasteiger partial charge in [0.05, 0.1) is 6.54 Å². The minimum Gasteiger partial charge on any atom is -0.381 e. The summed E-state index contributed by atoms with van der Waals surface area (Å²) in [5.74, 6) is 2.67. The Hall–Kier alpha value is -1.67. The summed E-state index contributed by atoms with van der Waals surface area (Å²) in [5.41, 5.74) is 0. The number of hydrogen-bond acceptors (Lipinski definition) is 5. The zero-order valence-electron chi connectivity index (χ0n) is 16.5. The highest BCUT2D eigenvalue weighted by molar-refractivity contribution is 5.80. The number of aliphatic imine (C=N–C) groups is 1. The molecule has 1 aliphatic rings. The fourth-order valence-corrected chi connectivity index (χ4v) is 2.89. The molecular weight excluding hydrogens is 332 g/mol. The maximum Gasteiger partial charge on any atom is 0.191 e. The molecular formula is C18H34N6O2. The number of guanidine groups is 1. The standard InChI is InChI=1S/C18H34N6O2/c1-4-6-11-26-12-7-10-20-18(19-5-2)21-15-8-9-17-22-16(14-25-3)23-24(17)13-15/h15H,4-14H2,1-3H3,(H2,19,20,21). The molecule has 0 fully saturated rings. The van der Waals surface area contributed by atoms with Gasteiger partial charge in [-0.3, -0.25) is 4.99 Å². The number of aromatic nitrogens is 3. The Morgan fingerprint density at radius 1 is 1.31 bits per heavy atom. The van der Waals surface area contributed by atoms with Gasteiger partial charge in [0.1, 0.15) is 12.4 Å². The van der Waals surface area contributed by atoms with Gasteiger partial charge >= 0.3 is 0 Å². The number of unbranched alkanes of at least 4 members (excludes halogenated alkanes) is 1. The number of nitrogens with one attached hydrogen (secondary N) is 2. The van der Waals surface area contributed by atoms with Crippen molar-refractivity contribution in [3.8, 4) is 0 Å². The Kier molecular flexibility index (Phi) is 9.41. The molecule has 0 aromatic carbocycles. The molecule has 0 bridgehead atoms. The lowest BCUT2D eigenvalue weighted by Crippen LogP contribution is -2.47. The van der Waals surface area contributed by atoms with Crippen molar-refractivity contribution in [1.82, 2.24) is 25.4 Å². The average molecular weight is 367 g/mol. The Morgan fingerprint density at radius 2 is 2.15 bits per heavy atom. The molecule has 8 heteroatoms. The third-order valence-electron chi connectivity index (χ3n) is 4.22. The molecule has 0 saturated heterocycles. The van der Waals surface area contributed by atoms with Crippen LogP contribution >= 0.6 is 0 Å². The third kappa shape index (κ3) is 6.92. The number of hydrogen-bond donors (Lipinski definition) is 2. The van der Waals surface area contributed by atoms with Gasteiger partial charge in [-0.1, -0.05) is 13.3 Å². The molecule has 2 rings (SSSR count). The number of fused-ring (bicyclic) bond motifs is 1. The summed E-state index contributed by atoms with van der Waals surface area (Å²) >= 11 is 0. The molecule has 0 saturated carbocycles. The predicted molar refractivity (Wildman–Crippen MR) is 102 cm³/mol. The van der Waals surface area contributed by atoms with Crippen molar-refractivity contribution < 1.29 is 9.47 Å². The second kappa shape index (κ2) is 11.9. The number of aryl methyl sites for hydroxylation is 1. The van der Waals surface area contributed by atoms with Crippen molar-refractivity contribution in [3.63, 3.8) is 0 Å². The van der Waals surface area contributed by atoms with E-state index in [2.05, 4.69) is 39.6 Å². The zero-order chi connectivity index (χ0) is 18.6. The van der Waals surface area contributed by atoms with Gasteiger partial charge < -0.3 is 20.1 Å². The first-order valence-electron chi connectivity index (χ1n) is 9.80. The van der Waals surface area contributed by atoms with E-state index < -0.39 is 0 Å². The molecule has 2 N–H and O–H groups in total. The summed E-state index contributed by atoms with van der Waals surface area (Å²) in [4.78, 5) is 9.19. The van der Waals surface area contributed by atoms with Crippen LogP contribution in [0.1, 0.15) is 51.2 Å². The van der Waals surface area contributed by atoms with Crippen molar-refractivity contribution >= 4 is 5.96 Å². The van der Waals surface area contributed by atoms with Gasteiger partial charge in [-0.25, -0.2) is 9.67 Å². The quantitative estimate of drug-likeness (QED) is 0.351. The highest BCUT2D eigenvalue weighted by atomic mass is 16.5. The van der Waals surface area contributed by atoms with E-state index in [4.69, 9.17) is 9.47 Å². The summed E-state index contributed by atoms with van der Waals surface area (Å²) in [7, 11) is 1.67. The fourth-order valence-electron chi connectivity index (χ4n) is 2.89. The molecule has 0 amide bonds. The highest BCUT2D eigenvalue weighted by Crippen LogP contribution is 2.13. The van der Waals surface area contributed by atoms with E-state index in [0.29, 0.717) is 12.6 Å². The van der Waals surface area contributed by atoms with Crippen LogP contribution in [0.25, 0.3) is 0 Å². The van der Waals surface area contributed by atoms with Crippen LogP contribution in [0.5, 0.6) is 0 Å². The maximum absolute atomic E-state index is 5.59.